The van der Waals surface area contributed by atoms with Gasteiger partial charge < -0.3 is 19.5 Å². The fourth-order valence-corrected chi connectivity index (χ4v) is 4.24. The summed E-state index contributed by atoms with van der Waals surface area (Å²) in [5.74, 6) is -0.0197. The number of benzene rings is 1. The lowest BCUT2D eigenvalue weighted by molar-refractivity contribution is -0.0367. The number of piperidine rings is 1. The molecule has 2 aliphatic rings. The topological polar surface area (TPSA) is 76.8 Å². The molecule has 4 rings (SSSR count). The molecule has 2 aliphatic heterocycles. The van der Waals surface area contributed by atoms with Crippen molar-refractivity contribution in [2.24, 2.45) is 0 Å². The summed E-state index contributed by atoms with van der Waals surface area (Å²) in [5.41, 5.74) is 1.58. The van der Waals surface area contributed by atoms with Crippen LogP contribution in [0.25, 0.3) is 10.9 Å². The van der Waals surface area contributed by atoms with Crippen molar-refractivity contribution >= 4 is 17.0 Å². The van der Waals surface area contributed by atoms with Gasteiger partial charge in [0.1, 0.15) is 5.60 Å². The van der Waals surface area contributed by atoms with E-state index < -0.39 is 11.7 Å². The molecule has 2 fully saturated rings. The van der Waals surface area contributed by atoms with E-state index in [-0.39, 0.29) is 24.8 Å². The average molecular weight is 402 g/mol. The number of likely N-dealkylation sites (tertiary alicyclic amines) is 1. The zero-order valence-corrected chi connectivity index (χ0v) is 17.5. The maximum atomic E-state index is 12.3. The third-order valence-electron chi connectivity index (χ3n) is 5.71. The molecule has 1 unspecified atom stereocenters. The number of carbonyl (C=O) groups excluding carboxylic acids is 1. The molecule has 1 N–H and O–H groups in total. The smallest absolute Gasteiger partial charge is 0.410 e. The van der Waals surface area contributed by atoms with Crippen LogP contribution < -0.4 is 0 Å². The first-order valence-electron chi connectivity index (χ1n) is 10.6. The Balaban J connectivity index is 1.50. The Hall–Kier alpha value is -2.12. The van der Waals surface area contributed by atoms with Gasteiger partial charge in [-0.25, -0.2) is 9.48 Å². The van der Waals surface area contributed by atoms with Gasteiger partial charge in [-0.2, -0.15) is 5.10 Å². The van der Waals surface area contributed by atoms with Gasteiger partial charge in [-0.05, 0) is 58.1 Å². The monoisotopic (exact) mass is 401 g/mol. The number of β-amino-alcohol motifs (C(OH)–C–C–N with tert-alkyl or cyclic N) is 1. The Morgan fingerprint density at radius 2 is 2.10 bits per heavy atom. The molecule has 0 spiro atoms. The zero-order valence-electron chi connectivity index (χ0n) is 17.5. The van der Waals surface area contributed by atoms with E-state index in [1.807, 2.05) is 31.6 Å². The average Bonchev–Trinajstić information content (AvgIpc) is 3.10. The van der Waals surface area contributed by atoms with Crippen LogP contribution in [0.15, 0.2) is 24.4 Å². The highest BCUT2D eigenvalue weighted by molar-refractivity contribution is 5.79. The van der Waals surface area contributed by atoms with E-state index in [1.54, 1.807) is 4.90 Å². The molecule has 1 amide bonds. The molecule has 0 bridgehead atoms. The van der Waals surface area contributed by atoms with E-state index in [9.17, 15) is 9.90 Å². The summed E-state index contributed by atoms with van der Waals surface area (Å²) in [6.07, 6.45) is 4.78. The maximum Gasteiger partial charge on any atom is 0.410 e. The maximum absolute atomic E-state index is 12.3. The van der Waals surface area contributed by atoms with Crippen molar-refractivity contribution < 1.29 is 19.4 Å². The molecule has 7 nitrogen and oxygen atoms in total. The molecular weight excluding hydrogens is 370 g/mol. The number of rotatable bonds is 2. The van der Waals surface area contributed by atoms with Crippen LogP contribution in [0, 0.1) is 0 Å². The lowest BCUT2D eigenvalue weighted by Gasteiger charge is -2.37. The highest BCUT2D eigenvalue weighted by Crippen LogP contribution is 2.33. The predicted molar refractivity (Wildman–Crippen MR) is 110 cm³/mol. The minimum atomic E-state index is -0.629. The highest BCUT2D eigenvalue weighted by Gasteiger charge is 2.33. The van der Waals surface area contributed by atoms with Gasteiger partial charge in [0.15, 0.2) is 6.23 Å². The van der Waals surface area contributed by atoms with Gasteiger partial charge in [-0.15, -0.1) is 0 Å². The van der Waals surface area contributed by atoms with Crippen LogP contribution in [0.4, 0.5) is 4.79 Å². The van der Waals surface area contributed by atoms with E-state index >= 15 is 0 Å². The lowest BCUT2D eigenvalue weighted by Crippen LogP contribution is -2.47. The van der Waals surface area contributed by atoms with E-state index in [0.29, 0.717) is 13.0 Å². The summed E-state index contributed by atoms with van der Waals surface area (Å²) in [4.78, 5) is 13.9. The molecule has 158 valence electrons. The van der Waals surface area contributed by atoms with Gasteiger partial charge in [-0.1, -0.05) is 12.1 Å². The molecule has 1 aromatic carbocycles. The number of aromatic nitrogens is 2. The van der Waals surface area contributed by atoms with Crippen LogP contribution >= 0.6 is 0 Å². The van der Waals surface area contributed by atoms with Crippen molar-refractivity contribution in [1.29, 1.82) is 0 Å². The molecule has 0 radical (unpaired) electrons. The van der Waals surface area contributed by atoms with E-state index in [1.165, 1.54) is 0 Å². The fraction of sp³-hybridized carbons (Fsp3) is 0.636. The molecule has 1 aromatic heterocycles. The van der Waals surface area contributed by atoms with Gasteiger partial charge in [0.25, 0.3) is 0 Å². The Morgan fingerprint density at radius 1 is 1.28 bits per heavy atom. The highest BCUT2D eigenvalue weighted by atomic mass is 16.6. The minimum absolute atomic E-state index is 0.0181. The van der Waals surface area contributed by atoms with Crippen LogP contribution in [-0.4, -0.2) is 57.3 Å². The van der Waals surface area contributed by atoms with Crippen molar-refractivity contribution in [3.8, 4) is 0 Å². The zero-order chi connectivity index (χ0) is 20.6. The van der Waals surface area contributed by atoms with E-state index in [2.05, 4.69) is 23.3 Å². The van der Waals surface area contributed by atoms with Gasteiger partial charge in [0.05, 0.1) is 24.4 Å². The van der Waals surface area contributed by atoms with Crippen LogP contribution in [0.2, 0.25) is 0 Å². The first-order valence-corrected chi connectivity index (χ1v) is 10.6. The fourth-order valence-electron chi connectivity index (χ4n) is 4.24. The van der Waals surface area contributed by atoms with Crippen LogP contribution in [0.3, 0.4) is 0 Å². The van der Waals surface area contributed by atoms with Crippen molar-refractivity contribution in [3.05, 3.63) is 30.0 Å². The van der Waals surface area contributed by atoms with Crippen LogP contribution in [-0.2, 0) is 9.47 Å². The molecule has 0 saturated carbocycles. The summed E-state index contributed by atoms with van der Waals surface area (Å²) in [7, 11) is 0. The SMILES string of the molecule is CC(C)(C)OC(=O)N1CC[C@H](c2ccc3cnn(C4CCCCO4)c3c2)[C@@H](O)C1. The normalized spacial score (nSPS) is 25.9. The summed E-state index contributed by atoms with van der Waals surface area (Å²) in [5, 5.41) is 16.4. The molecule has 7 heteroatoms. The predicted octanol–water partition coefficient (Wildman–Crippen LogP) is 3.82. The standard InChI is InChI=1S/C22H31N3O4/c1-22(2,3)29-21(27)24-10-9-17(19(26)14-24)15-7-8-16-13-23-25(18(16)12-15)20-6-4-5-11-28-20/h7-8,12-13,17,19-20,26H,4-6,9-11,14H2,1-3H3/t17-,19+,20?/m1/s1. The number of hydrogen-bond donors (Lipinski definition) is 1. The third kappa shape index (κ3) is 4.41. The number of carbonyl (C=O) groups is 1. The molecule has 3 heterocycles. The summed E-state index contributed by atoms with van der Waals surface area (Å²) >= 11 is 0. The molecular formula is C22H31N3O4. The second-order valence-electron chi connectivity index (χ2n) is 9.12. The van der Waals surface area contributed by atoms with Gasteiger partial charge in [0, 0.05) is 24.5 Å². The van der Waals surface area contributed by atoms with Crippen molar-refractivity contribution in [2.45, 2.75) is 70.3 Å². The number of fused-ring (bicyclic) bond motifs is 1. The lowest BCUT2D eigenvalue weighted by atomic mass is 9.87. The van der Waals surface area contributed by atoms with Gasteiger partial charge in [0.2, 0.25) is 0 Å². The number of nitrogens with zero attached hydrogens (tertiary/aromatic N) is 3. The molecule has 0 aliphatic carbocycles. The largest absolute Gasteiger partial charge is 0.444 e. The Bertz CT molecular complexity index is 867. The van der Waals surface area contributed by atoms with Gasteiger partial charge >= 0.3 is 6.09 Å². The molecule has 2 saturated heterocycles. The molecule has 29 heavy (non-hydrogen) atoms. The summed E-state index contributed by atoms with van der Waals surface area (Å²) in [6, 6.07) is 6.24. The van der Waals surface area contributed by atoms with Crippen LogP contribution in [0.1, 0.15) is 64.2 Å². The Morgan fingerprint density at radius 3 is 2.79 bits per heavy atom. The van der Waals surface area contributed by atoms with Crippen molar-refractivity contribution in [2.75, 3.05) is 19.7 Å². The Kier molecular flexibility index (Phi) is 5.53. The van der Waals surface area contributed by atoms with E-state index in [4.69, 9.17) is 9.47 Å². The first kappa shape index (κ1) is 20.2. The molecule has 2 aromatic rings. The van der Waals surface area contributed by atoms with E-state index in [0.717, 1.165) is 42.3 Å². The summed E-state index contributed by atoms with van der Waals surface area (Å²) < 4.78 is 13.3. The number of ether oxygens (including phenoxy) is 2. The van der Waals surface area contributed by atoms with Crippen LogP contribution in [0.5, 0.6) is 0 Å². The number of amides is 1. The van der Waals surface area contributed by atoms with Crippen molar-refractivity contribution in [1.82, 2.24) is 14.7 Å². The first-order chi connectivity index (χ1) is 13.8. The van der Waals surface area contributed by atoms with Crippen molar-refractivity contribution in [3.63, 3.8) is 0 Å². The second-order valence-corrected chi connectivity index (χ2v) is 9.12. The van der Waals surface area contributed by atoms with Gasteiger partial charge in [-0.3, -0.25) is 0 Å². The number of aliphatic hydroxyl groups is 1. The minimum Gasteiger partial charge on any atom is -0.444 e. The molecule has 3 atom stereocenters. The Labute approximate surface area is 171 Å². The third-order valence-corrected chi connectivity index (χ3v) is 5.71. The number of aliphatic hydroxyl groups excluding tert-OH is 1. The summed E-state index contributed by atoms with van der Waals surface area (Å²) in [6.45, 7) is 7.17. The number of hydrogen-bond acceptors (Lipinski definition) is 5. The second kappa shape index (κ2) is 7.95. The quantitative estimate of drug-likeness (QED) is 0.828.